The van der Waals surface area contributed by atoms with Gasteiger partial charge in [0.15, 0.2) is 0 Å². The molecule has 150 valence electrons. The van der Waals surface area contributed by atoms with Crippen molar-refractivity contribution < 1.29 is 14.3 Å². The fourth-order valence-corrected chi connectivity index (χ4v) is 7.77. The van der Waals surface area contributed by atoms with E-state index in [-0.39, 0.29) is 17.9 Å². The van der Waals surface area contributed by atoms with Crippen LogP contribution >= 0.6 is 0 Å². The molecule has 27 heavy (non-hydrogen) atoms. The second-order valence-electron chi connectivity index (χ2n) is 10.2. The normalized spacial score (nSPS) is 42.9. The Bertz CT molecular complexity index is 583. The van der Waals surface area contributed by atoms with Crippen molar-refractivity contribution in [2.24, 2.45) is 29.1 Å². The lowest BCUT2D eigenvalue weighted by molar-refractivity contribution is -0.165. The molecule has 6 rings (SSSR count). The first-order valence-corrected chi connectivity index (χ1v) is 11.2. The number of ether oxygens (including phenoxy) is 1. The van der Waals surface area contributed by atoms with Gasteiger partial charge in [0, 0.05) is 32.8 Å². The van der Waals surface area contributed by atoms with Crippen LogP contribution in [0.25, 0.3) is 0 Å². The summed E-state index contributed by atoms with van der Waals surface area (Å²) >= 11 is 0. The van der Waals surface area contributed by atoms with Gasteiger partial charge in [0.05, 0.1) is 5.41 Å². The van der Waals surface area contributed by atoms with Crippen molar-refractivity contribution in [1.29, 1.82) is 0 Å². The molecule has 6 fully saturated rings. The lowest BCUT2D eigenvalue weighted by Crippen LogP contribution is -2.62. The van der Waals surface area contributed by atoms with E-state index in [4.69, 9.17) is 4.74 Å². The number of amides is 2. The summed E-state index contributed by atoms with van der Waals surface area (Å²) in [5.41, 5.74) is -0.0281. The zero-order valence-electron chi connectivity index (χ0n) is 16.7. The Morgan fingerprint density at radius 3 is 2.30 bits per heavy atom. The Balaban J connectivity index is 1.31. The number of hydrogen-bond acceptors (Lipinski definition) is 3. The van der Waals surface area contributed by atoms with Crippen molar-refractivity contribution in [2.75, 3.05) is 33.4 Å². The predicted octanol–water partition coefficient (Wildman–Crippen LogP) is 2.69. The molecule has 5 heteroatoms. The minimum Gasteiger partial charge on any atom is -0.375 e. The Labute approximate surface area is 162 Å². The summed E-state index contributed by atoms with van der Waals surface area (Å²) < 4.78 is 5.03. The first-order valence-electron chi connectivity index (χ1n) is 11.2. The van der Waals surface area contributed by atoms with E-state index in [1.165, 1.54) is 19.3 Å². The zero-order chi connectivity index (χ0) is 18.6. The number of methoxy groups -OCH3 is 1. The molecule has 2 amide bonds. The molecule has 0 aromatic rings. The predicted molar refractivity (Wildman–Crippen MR) is 102 cm³/mol. The van der Waals surface area contributed by atoms with Gasteiger partial charge in [0.2, 0.25) is 11.8 Å². The molecule has 0 radical (unpaired) electrons. The fourth-order valence-electron chi connectivity index (χ4n) is 7.77. The van der Waals surface area contributed by atoms with Crippen LogP contribution in [-0.2, 0) is 14.3 Å². The van der Waals surface area contributed by atoms with Gasteiger partial charge in [-0.2, -0.15) is 0 Å². The average Bonchev–Trinajstić information content (AvgIpc) is 2.65. The van der Waals surface area contributed by atoms with E-state index in [1.54, 1.807) is 7.11 Å². The molecule has 0 N–H and O–H groups in total. The van der Waals surface area contributed by atoms with Crippen LogP contribution in [0.15, 0.2) is 0 Å². The lowest BCUT2D eigenvalue weighted by atomic mass is 9.49. The molecule has 0 spiro atoms. The third-order valence-corrected chi connectivity index (χ3v) is 8.44. The summed E-state index contributed by atoms with van der Waals surface area (Å²) in [4.78, 5) is 30.3. The molecule has 2 aliphatic heterocycles. The highest BCUT2D eigenvalue weighted by Gasteiger charge is 2.56. The van der Waals surface area contributed by atoms with Gasteiger partial charge in [-0.15, -0.1) is 0 Å². The highest BCUT2D eigenvalue weighted by molar-refractivity contribution is 5.84. The van der Waals surface area contributed by atoms with Crippen molar-refractivity contribution >= 4 is 11.8 Å². The SMILES string of the molecule is COCC(=O)N1CC[C@@H]2[C@@H](CCCN2C(=O)C23CC4CC(CC(C4)C2)C3)C1. The molecule has 2 atom stereocenters. The van der Waals surface area contributed by atoms with Gasteiger partial charge >= 0.3 is 0 Å². The fraction of sp³-hybridized carbons (Fsp3) is 0.909. The molecule has 4 aliphatic carbocycles. The quantitative estimate of drug-likeness (QED) is 0.763. The van der Waals surface area contributed by atoms with E-state index >= 15 is 0 Å². The summed E-state index contributed by atoms with van der Waals surface area (Å²) in [6.45, 7) is 2.69. The molecule has 0 unspecified atom stereocenters. The average molecular weight is 375 g/mol. The van der Waals surface area contributed by atoms with Crippen LogP contribution in [0.3, 0.4) is 0 Å². The van der Waals surface area contributed by atoms with E-state index in [1.807, 2.05) is 4.90 Å². The minimum atomic E-state index is -0.0281. The van der Waals surface area contributed by atoms with E-state index in [0.29, 0.717) is 17.9 Å². The van der Waals surface area contributed by atoms with Crippen LogP contribution in [0, 0.1) is 29.1 Å². The number of rotatable bonds is 3. The number of nitrogens with zero attached hydrogens (tertiary/aromatic N) is 2. The van der Waals surface area contributed by atoms with E-state index in [2.05, 4.69) is 4.90 Å². The number of carbonyl (C=O) groups is 2. The van der Waals surface area contributed by atoms with Crippen LogP contribution < -0.4 is 0 Å². The standard InChI is InChI=1S/C22H34N2O3/c1-27-14-20(25)23-6-4-19-18(13-23)3-2-5-24(19)21(26)22-10-15-7-16(11-22)9-17(8-15)12-22/h15-19H,2-14H2,1H3/t15?,16?,17?,18-,19+,22?/m0/s1. The molecule has 5 nitrogen and oxygen atoms in total. The van der Waals surface area contributed by atoms with Crippen LogP contribution in [0.4, 0.5) is 0 Å². The van der Waals surface area contributed by atoms with Crippen molar-refractivity contribution in [2.45, 2.75) is 63.8 Å². The third kappa shape index (κ3) is 3.01. The van der Waals surface area contributed by atoms with Crippen LogP contribution in [-0.4, -0.2) is 61.0 Å². The van der Waals surface area contributed by atoms with E-state index in [9.17, 15) is 9.59 Å². The van der Waals surface area contributed by atoms with Gasteiger partial charge in [-0.05, 0) is 81.5 Å². The summed E-state index contributed by atoms with van der Waals surface area (Å²) in [6, 6.07) is 0.353. The Morgan fingerprint density at radius 2 is 1.67 bits per heavy atom. The number of carbonyl (C=O) groups excluding carboxylic acids is 2. The number of fused-ring (bicyclic) bond motifs is 1. The smallest absolute Gasteiger partial charge is 0.248 e. The second-order valence-corrected chi connectivity index (χ2v) is 10.2. The summed E-state index contributed by atoms with van der Waals surface area (Å²) in [5, 5.41) is 0. The summed E-state index contributed by atoms with van der Waals surface area (Å²) in [7, 11) is 1.58. The molecule has 4 bridgehead atoms. The number of hydrogen-bond donors (Lipinski definition) is 0. The highest BCUT2D eigenvalue weighted by Crippen LogP contribution is 2.61. The second kappa shape index (κ2) is 6.75. The first kappa shape index (κ1) is 18.0. The van der Waals surface area contributed by atoms with Gasteiger partial charge < -0.3 is 14.5 Å². The molecule has 2 heterocycles. The summed E-state index contributed by atoms with van der Waals surface area (Å²) in [5.74, 6) is 3.48. The molecule has 4 saturated carbocycles. The topological polar surface area (TPSA) is 49.9 Å². The maximum Gasteiger partial charge on any atom is 0.248 e. The molecule has 0 aromatic carbocycles. The highest BCUT2D eigenvalue weighted by atomic mass is 16.5. The van der Waals surface area contributed by atoms with E-state index in [0.717, 1.165) is 75.9 Å². The van der Waals surface area contributed by atoms with Crippen LogP contribution in [0.2, 0.25) is 0 Å². The molecular formula is C22H34N2O3. The molecule has 6 aliphatic rings. The number of piperidine rings is 2. The first-order chi connectivity index (χ1) is 13.1. The van der Waals surface area contributed by atoms with Gasteiger partial charge in [-0.25, -0.2) is 0 Å². The van der Waals surface area contributed by atoms with Gasteiger partial charge in [0.1, 0.15) is 6.61 Å². The lowest BCUT2D eigenvalue weighted by Gasteiger charge is -2.58. The van der Waals surface area contributed by atoms with Gasteiger partial charge in [-0.3, -0.25) is 9.59 Å². The summed E-state index contributed by atoms with van der Waals surface area (Å²) in [6.07, 6.45) is 10.8. The van der Waals surface area contributed by atoms with Crippen LogP contribution in [0.5, 0.6) is 0 Å². The van der Waals surface area contributed by atoms with Crippen molar-refractivity contribution in [3.05, 3.63) is 0 Å². The van der Waals surface area contributed by atoms with Gasteiger partial charge in [0.25, 0.3) is 0 Å². The van der Waals surface area contributed by atoms with Crippen molar-refractivity contribution in [1.82, 2.24) is 9.80 Å². The van der Waals surface area contributed by atoms with Crippen molar-refractivity contribution in [3.8, 4) is 0 Å². The Hall–Kier alpha value is -1.10. The zero-order valence-corrected chi connectivity index (χ0v) is 16.7. The maximum atomic E-state index is 13.8. The molecular weight excluding hydrogens is 340 g/mol. The Kier molecular flexibility index (Phi) is 4.49. The van der Waals surface area contributed by atoms with Gasteiger partial charge in [-0.1, -0.05) is 0 Å². The Morgan fingerprint density at radius 1 is 1.00 bits per heavy atom. The van der Waals surface area contributed by atoms with Crippen LogP contribution in [0.1, 0.15) is 57.8 Å². The third-order valence-electron chi connectivity index (χ3n) is 8.44. The molecule has 0 aromatic heterocycles. The van der Waals surface area contributed by atoms with E-state index < -0.39 is 0 Å². The number of likely N-dealkylation sites (tertiary alicyclic amines) is 2. The minimum absolute atomic E-state index is 0.0281. The monoisotopic (exact) mass is 374 g/mol. The largest absolute Gasteiger partial charge is 0.375 e. The maximum absolute atomic E-state index is 13.8. The van der Waals surface area contributed by atoms with Crippen molar-refractivity contribution in [3.63, 3.8) is 0 Å². The molecule has 2 saturated heterocycles.